The third-order valence-corrected chi connectivity index (χ3v) is 3.62. The summed E-state index contributed by atoms with van der Waals surface area (Å²) in [5.74, 6) is 1.63. The number of ether oxygens (including phenoxy) is 3. The number of benzene rings is 1. The molecule has 0 spiro atoms. The van der Waals surface area contributed by atoms with Crippen molar-refractivity contribution in [3.8, 4) is 5.75 Å². The highest BCUT2D eigenvalue weighted by atomic mass is 32.2. The first-order valence-corrected chi connectivity index (χ1v) is 7.99. The summed E-state index contributed by atoms with van der Waals surface area (Å²) in [5, 5.41) is 7.73. The van der Waals surface area contributed by atoms with E-state index in [1.54, 1.807) is 18.9 Å². The molecule has 0 aliphatic heterocycles. The van der Waals surface area contributed by atoms with E-state index in [9.17, 15) is 0 Å². The Morgan fingerprint density at radius 3 is 2.71 bits per heavy atom. The van der Waals surface area contributed by atoms with E-state index in [1.165, 1.54) is 0 Å². The molecule has 0 saturated heterocycles. The maximum absolute atomic E-state index is 7.73. The van der Waals surface area contributed by atoms with Crippen LogP contribution >= 0.6 is 11.8 Å². The van der Waals surface area contributed by atoms with Gasteiger partial charge in [0, 0.05) is 25.0 Å². The van der Waals surface area contributed by atoms with Crippen LogP contribution in [0.2, 0.25) is 0 Å². The number of amidine groups is 1. The van der Waals surface area contributed by atoms with E-state index < -0.39 is 0 Å². The predicted molar refractivity (Wildman–Crippen MR) is 86.7 cm³/mol. The molecule has 0 bridgehead atoms. The Balaban J connectivity index is 2.50. The Labute approximate surface area is 130 Å². The lowest BCUT2D eigenvalue weighted by Gasteiger charge is -2.14. The SMILES string of the molecule is CCSc1cccc(OCCCOCCOC)c1C(=N)N. The van der Waals surface area contributed by atoms with Gasteiger partial charge in [-0.25, -0.2) is 0 Å². The van der Waals surface area contributed by atoms with Crippen molar-refractivity contribution in [3.63, 3.8) is 0 Å². The molecule has 0 atom stereocenters. The summed E-state index contributed by atoms with van der Waals surface area (Å²) < 4.78 is 16.0. The molecule has 0 fully saturated rings. The minimum atomic E-state index is 0.0397. The number of nitrogen functional groups attached to an aromatic ring is 1. The van der Waals surface area contributed by atoms with Crippen molar-refractivity contribution in [2.75, 3.05) is 39.3 Å². The average Bonchev–Trinajstić information content (AvgIpc) is 2.46. The molecule has 0 aliphatic rings. The summed E-state index contributed by atoms with van der Waals surface area (Å²) in [6.45, 7) is 4.43. The van der Waals surface area contributed by atoms with Gasteiger partial charge in [-0.1, -0.05) is 13.0 Å². The van der Waals surface area contributed by atoms with Crippen molar-refractivity contribution >= 4 is 17.6 Å². The van der Waals surface area contributed by atoms with E-state index in [2.05, 4.69) is 6.92 Å². The molecule has 5 nitrogen and oxygen atoms in total. The fourth-order valence-corrected chi connectivity index (χ4v) is 2.60. The molecule has 0 unspecified atom stereocenters. The second-order valence-corrected chi connectivity index (χ2v) is 5.59. The van der Waals surface area contributed by atoms with Crippen LogP contribution in [-0.4, -0.2) is 45.1 Å². The lowest BCUT2D eigenvalue weighted by atomic mass is 10.2. The zero-order valence-electron chi connectivity index (χ0n) is 12.7. The Morgan fingerprint density at radius 2 is 2.05 bits per heavy atom. The fraction of sp³-hybridized carbons (Fsp3) is 0.533. The standard InChI is InChI=1S/C15H24N2O3S/c1-3-21-13-7-4-6-12(14(13)15(16)17)20-9-5-8-19-11-10-18-2/h4,6-7H,3,5,8-11H2,1-2H3,(H3,16,17). The summed E-state index contributed by atoms with van der Waals surface area (Å²) in [4.78, 5) is 0.985. The molecular weight excluding hydrogens is 288 g/mol. The molecule has 21 heavy (non-hydrogen) atoms. The summed E-state index contributed by atoms with van der Waals surface area (Å²) in [6.07, 6.45) is 0.784. The van der Waals surface area contributed by atoms with Gasteiger partial charge in [0.1, 0.15) is 11.6 Å². The second-order valence-electron chi connectivity index (χ2n) is 4.28. The van der Waals surface area contributed by atoms with Gasteiger partial charge in [-0.3, -0.25) is 5.41 Å². The van der Waals surface area contributed by atoms with Gasteiger partial charge >= 0.3 is 0 Å². The first kappa shape index (κ1) is 17.8. The molecule has 0 heterocycles. The van der Waals surface area contributed by atoms with E-state index >= 15 is 0 Å². The van der Waals surface area contributed by atoms with Crippen LogP contribution in [0.5, 0.6) is 5.75 Å². The molecule has 6 heteroatoms. The number of hydrogen-bond acceptors (Lipinski definition) is 5. The van der Waals surface area contributed by atoms with Gasteiger partial charge in [0.25, 0.3) is 0 Å². The Hall–Kier alpha value is -1.24. The van der Waals surface area contributed by atoms with Gasteiger partial charge in [-0.2, -0.15) is 0 Å². The van der Waals surface area contributed by atoms with E-state index in [-0.39, 0.29) is 5.84 Å². The van der Waals surface area contributed by atoms with Gasteiger partial charge in [0.2, 0.25) is 0 Å². The molecule has 0 aliphatic carbocycles. The van der Waals surface area contributed by atoms with Crippen molar-refractivity contribution < 1.29 is 14.2 Å². The lowest BCUT2D eigenvalue weighted by Crippen LogP contribution is -2.15. The van der Waals surface area contributed by atoms with E-state index in [4.69, 9.17) is 25.4 Å². The molecule has 0 aromatic heterocycles. The topological polar surface area (TPSA) is 77.6 Å². The van der Waals surface area contributed by atoms with Crippen LogP contribution in [0.3, 0.4) is 0 Å². The van der Waals surface area contributed by atoms with Crippen LogP contribution in [0.1, 0.15) is 18.9 Å². The minimum Gasteiger partial charge on any atom is -0.493 e. The van der Waals surface area contributed by atoms with Crippen molar-refractivity contribution in [1.82, 2.24) is 0 Å². The van der Waals surface area contributed by atoms with Crippen LogP contribution in [0.15, 0.2) is 23.1 Å². The number of nitrogens with one attached hydrogen (secondary N) is 1. The van der Waals surface area contributed by atoms with Gasteiger partial charge < -0.3 is 19.9 Å². The highest BCUT2D eigenvalue weighted by Gasteiger charge is 2.12. The highest BCUT2D eigenvalue weighted by molar-refractivity contribution is 7.99. The highest BCUT2D eigenvalue weighted by Crippen LogP contribution is 2.29. The summed E-state index contributed by atoms with van der Waals surface area (Å²) >= 11 is 1.66. The van der Waals surface area contributed by atoms with Crippen molar-refractivity contribution in [1.29, 1.82) is 5.41 Å². The molecule has 0 radical (unpaired) electrons. The largest absolute Gasteiger partial charge is 0.493 e. The normalized spacial score (nSPS) is 10.6. The quantitative estimate of drug-likeness (QED) is 0.284. The van der Waals surface area contributed by atoms with Crippen LogP contribution in [-0.2, 0) is 9.47 Å². The third kappa shape index (κ3) is 6.37. The van der Waals surface area contributed by atoms with E-state index in [0.29, 0.717) is 37.7 Å². The molecule has 1 rings (SSSR count). The summed E-state index contributed by atoms with van der Waals surface area (Å²) in [5.41, 5.74) is 6.37. The van der Waals surface area contributed by atoms with Crippen molar-refractivity contribution in [3.05, 3.63) is 23.8 Å². The zero-order valence-corrected chi connectivity index (χ0v) is 13.5. The first-order valence-electron chi connectivity index (χ1n) is 7.00. The molecule has 0 amide bonds. The number of rotatable bonds is 11. The molecule has 118 valence electrons. The van der Waals surface area contributed by atoms with E-state index in [1.807, 2.05) is 18.2 Å². The van der Waals surface area contributed by atoms with Crippen LogP contribution in [0.25, 0.3) is 0 Å². The summed E-state index contributed by atoms with van der Waals surface area (Å²) in [6, 6.07) is 5.74. The first-order chi connectivity index (χ1) is 10.2. The molecule has 1 aromatic rings. The van der Waals surface area contributed by atoms with Gasteiger partial charge in [0.15, 0.2) is 0 Å². The van der Waals surface area contributed by atoms with Gasteiger partial charge in [-0.15, -0.1) is 11.8 Å². The van der Waals surface area contributed by atoms with Gasteiger partial charge in [-0.05, 0) is 17.9 Å². The van der Waals surface area contributed by atoms with Crippen LogP contribution in [0, 0.1) is 5.41 Å². The molecular formula is C15H24N2O3S. The third-order valence-electron chi connectivity index (χ3n) is 2.68. The maximum Gasteiger partial charge on any atom is 0.131 e. The fourth-order valence-electron chi connectivity index (χ4n) is 1.76. The lowest BCUT2D eigenvalue weighted by molar-refractivity contribution is 0.0644. The minimum absolute atomic E-state index is 0.0397. The number of methoxy groups -OCH3 is 1. The molecule has 3 N–H and O–H groups in total. The smallest absolute Gasteiger partial charge is 0.131 e. The number of nitrogens with two attached hydrogens (primary N) is 1. The Kier molecular flexibility index (Phi) is 8.89. The number of thioether (sulfide) groups is 1. The monoisotopic (exact) mass is 312 g/mol. The Morgan fingerprint density at radius 1 is 1.24 bits per heavy atom. The second kappa shape index (κ2) is 10.5. The number of hydrogen-bond donors (Lipinski definition) is 2. The van der Waals surface area contributed by atoms with Crippen molar-refractivity contribution in [2.45, 2.75) is 18.2 Å². The van der Waals surface area contributed by atoms with Crippen molar-refractivity contribution in [2.24, 2.45) is 5.73 Å². The van der Waals surface area contributed by atoms with E-state index in [0.717, 1.165) is 17.1 Å². The van der Waals surface area contributed by atoms with Crippen LogP contribution in [0.4, 0.5) is 0 Å². The summed E-state index contributed by atoms with van der Waals surface area (Å²) in [7, 11) is 1.65. The Bertz CT molecular complexity index is 441. The zero-order chi connectivity index (χ0) is 15.5. The molecule has 1 aromatic carbocycles. The maximum atomic E-state index is 7.73. The van der Waals surface area contributed by atoms with Crippen LogP contribution < -0.4 is 10.5 Å². The van der Waals surface area contributed by atoms with Gasteiger partial charge in [0.05, 0.1) is 25.4 Å². The predicted octanol–water partition coefficient (Wildman–Crippen LogP) is 2.51. The molecule has 0 saturated carbocycles. The average molecular weight is 312 g/mol.